The van der Waals surface area contributed by atoms with Crippen LogP contribution in [0.5, 0.6) is 11.5 Å². The fourth-order valence-electron chi connectivity index (χ4n) is 3.41. The molecular weight excluding hydrogens is 354 g/mol. The van der Waals surface area contributed by atoms with Gasteiger partial charge in [0.1, 0.15) is 11.5 Å². The number of anilines is 1. The Bertz CT molecular complexity index is 933. The average Bonchev–Trinajstić information content (AvgIpc) is 3.15. The third-order valence-electron chi connectivity index (χ3n) is 4.91. The molecule has 1 saturated heterocycles. The molecule has 2 amide bonds. The minimum Gasteiger partial charge on any atom is -0.457 e. The van der Waals surface area contributed by atoms with Crippen LogP contribution < -0.4 is 10.1 Å². The number of rotatable bonds is 4. The van der Waals surface area contributed by atoms with E-state index in [1.165, 1.54) is 0 Å². The Morgan fingerprint density at radius 1 is 1.11 bits per heavy atom. The SMILES string of the molecule is Cn1ccc(C2CCN(C(=O)Nc3cccc(Oc4ccncc4)c3)CC2)n1. The minimum atomic E-state index is -0.0828. The Labute approximate surface area is 164 Å². The summed E-state index contributed by atoms with van der Waals surface area (Å²) in [5, 5.41) is 7.47. The van der Waals surface area contributed by atoms with Crippen LogP contribution in [0.3, 0.4) is 0 Å². The fourth-order valence-corrected chi connectivity index (χ4v) is 3.41. The molecule has 3 heterocycles. The quantitative estimate of drug-likeness (QED) is 0.745. The molecule has 28 heavy (non-hydrogen) atoms. The molecule has 144 valence electrons. The van der Waals surface area contributed by atoms with E-state index in [4.69, 9.17) is 4.74 Å². The van der Waals surface area contributed by atoms with E-state index in [1.54, 1.807) is 24.5 Å². The summed E-state index contributed by atoms with van der Waals surface area (Å²) in [5.74, 6) is 1.79. The van der Waals surface area contributed by atoms with Crippen molar-refractivity contribution in [2.75, 3.05) is 18.4 Å². The first-order chi connectivity index (χ1) is 13.7. The molecule has 1 aliphatic rings. The van der Waals surface area contributed by atoms with Crippen molar-refractivity contribution < 1.29 is 9.53 Å². The van der Waals surface area contributed by atoms with Crippen molar-refractivity contribution in [2.24, 2.45) is 7.05 Å². The highest BCUT2D eigenvalue weighted by atomic mass is 16.5. The number of piperidine rings is 1. The highest BCUT2D eigenvalue weighted by molar-refractivity contribution is 5.89. The Balaban J connectivity index is 1.33. The van der Waals surface area contributed by atoms with E-state index in [0.29, 0.717) is 23.1 Å². The lowest BCUT2D eigenvalue weighted by molar-refractivity contribution is 0.194. The number of nitrogens with one attached hydrogen (secondary N) is 1. The molecule has 2 aromatic heterocycles. The molecule has 1 N–H and O–H groups in total. The van der Waals surface area contributed by atoms with E-state index in [9.17, 15) is 4.79 Å². The van der Waals surface area contributed by atoms with Crippen LogP contribution in [-0.2, 0) is 7.05 Å². The number of benzene rings is 1. The van der Waals surface area contributed by atoms with Crippen molar-refractivity contribution in [3.63, 3.8) is 0 Å². The van der Waals surface area contributed by atoms with E-state index in [1.807, 2.05) is 47.1 Å². The third-order valence-corrected chi connectivity index (χ3v) is 4.91. The lowest BCUT2D eigenvalue weighted by atomic mass is 9.94. The largest absolute Gasteiger partial charge is 0.457 e. The van der Waals surface area contributed by atoms with E-state index < -0.39 is 0 Å². The summed E-state index contributed by atoms with van der Waals surface area (Å²) < 4.78 is 7.63. The second kappa shape index (κ2) is 8.12. The zero-order valence-electron chi connectivity index (χ0n) is 15.8. The minimum absolute atomic E-state index is 0.0828. The maximum absolute atomic E-state index is 12.6. The van der Waals surface area contributed by atoms with Gasteiger partial charge >= 0.3 is 6.03 Å². The van der Waals surface area contributed by atoms with Crippen molar-refractivity contribution in [2.45, 2.75) is 18.8 Å². The molecule has 0 spiro atoms. The maximum atomic E-state index is 12.6. The lowest BCUT2D eigenvalue weighted by Crippen LogP contribution is -2.40. The van der Waals surface area contributed by atoms with Crippen molar-refractivity contribution in [3.8, 4) is 11.5 Å². The first-order valence-corrected chi connectivity index (χ1v) is 9.41. The number of amides is 2. The molecule has 0 atom stereocenters. The topological polar surface area (TPSA) is 72.3 Å². The summed E-state index contributed by atoms with van der Waals surface area (Å²) in [5.41, 5.74) is 1.83. The number of urea groups is 1. The molecule has 0 saturated carbocycles. The van der Waals surface area contributed by atoms with E-state index in [0.717, 1.165) is 31.6 Å². The van der Waals surface area contributed by atoms with Crippen LogP contribution in [0.25, 0.3) is 0 Å². The zero-order chi connectivity index (χ0) is 19.3. The van der Waals surface area contributed by atoms with Gasteiger partial charge in [-0.1, -0.05) is 6.07 Å². The monoisotopic (exact) mass is 377 g/mol. The van der Waals surface area contributed by atoms with Gasteiger partial charge in [-0.05, 0) is 43.2 Å². The van der Waals surface area contributed by atoms with Crippen molar-refractivity contribution in [1.29, 1.82) is 0 Å². The zero-order valence-corrected chi connectivity index (χ0v) is 15.8. The Kier molecular flexibility index (Phi) is 5.23. The number of pyridine rings is 1. The van der Waals surface area contributed by atoms with Gasteiger partial charge in [-0.15, -0.1) is 0 Å². The first-order valence-electron chi connectivity index (χ1n) is 9.41. The van der Waals surface area contributed by atoms with Gasteiger partial charge in [0.15, 0.2) is 0 Å². The highest BCUT2D eigenvalue weighted by Crippen LogP contribution is 2.28. The van der Waals surface area contributed by atoms with Gasteiger partial charge in [-0.2, -0.15) is 5.10 Å². The van der Waals surface area contributed by atoms with Crippen LogP contribution in [0.1, 0.15) is 24.5 Å². The Morgan fingerprint density at radius 3 is 2.61 bits per heavy atom. The van der Waals surface area contributed by atoms with Crippen LogP contribution in [0.2, 0.25) is 0 Å². The van der Waals surface area contributed by atoms with E-state index >= 15 is 0 Å². The van der Waals surface area contributed by atoms with Crippen molar-refractivity contribution >= 4 is 11.7 Å². The Hall–Kier alpha value is -3.35. The predicted molar refractivity (Wildman–Crippen MR) is 107 cm³/mol. The molecular formula is C21H23N5O2. The van der Waals surface area contributed by atoms with Gasteiger partial charge in [0, 0.05) is 56.4 Å². The maximum Gasteiger partial charge on any atom is 0.321 e. The molecule has 4 rings (SSSR count). The molecule has 0 radical (unpaired) electrons. The van der Waals surface area contributed by atoms with Gasteiger partial charge in [0.2, 0.25) is 0 Å². The van der Waals surface area contributed by atoms with Crippen LogP contribution in [-0.4, -0.2) is 38.8 Å². The van der Waals surface area contributed by atoms with Gasteiger partial charge < -0.3 is 15.0 Å². The molecule has 1 aliphatic heterocycles. The van der Waals surface area contributed by atoms with Crippen molar-refractivity contribution in [3.05, 3.63) is 66.7 Å². The summed E-state index contributed by atoms with van der Waals surface area (Å²) in [4.78, 5) is 18.5. The number of aromatic nitrogens is 3. The molecule has 1 aromatic carbocycles. The third kappa shape index (κ3) is 4.31. The molecule has 0 bridgehead atoms. The number of likely N-dealkylation sites (tertiary alicyclic amines) is 1. The predicted octanol–water partition coefficient (Wildman–Crippen LogP) is 4.02. The number of carbonyl (C=O) groups excluding carboxylic acids is 1. The molecule has 1 fully saturated rings. The smallest absolute Gasteiger partial charge is 0.321 e. The Morgan fingerprint density at radius 2 is 1.89 bits per heavy atom. The lowest BCUT2D eigenvalue weighted by Gasteiger charge is -2.31. The number of aryl methyl sites for hydroxylation is 1. The van der Waals surface area contributed by atoms with Crippen LogP contribution >= 0.6 is 0 Å². The summed E-state index contributed by atoms with van der Waals surface area (Å²) >= 11 is 0. The second-order valence-corrected chi connectivity index (χ2v) is 6.92. The summed E-state index contributed by atoms with van der Waals surface area (Å²) in [7, 11) is 1.93. The molecule has 3 aromatic rings. The highest BCUT2D eigenvalue weighted by Gasteiger charge is 2.25. The standard InChI is InChI=1S/C21H23N5O2/c1-25-12-9-20(24-25)16-7-13-26(14-8-16)21(27)23-17-3-2-4-19(15-17)28-18-5-10-22-11-6-18/h2-6,9-12,15-16H,7-8,13-14H2,1H3,(H,23,27). The normalized spacial score (nSPS) is 14.7. The summed E-state index contributed by atoms with van der Waals surface area (Å²) in [6.07, 6.45) is 7.17. The van der Waals surface area contributed by atoms with Crippen LogP contribution in [0.15, 0.2) is 61.1 Å². The number of nitrogens with zero attached hydrogens (tertiary/aromatic N) is 4. The van der Waals surface area contributed by atoms with E-state index in [2.05, 4.69) is 21.5 Å². The number of ether oxygens (including phenoxy) is 1. The van der Waals surface area contributed by atoms with Crippen LogP contribution in [0, 0.1) is 0 Å². The van der Waals surface area contributed by atoms with Gasteiger partial charge in [-0.25, -0.2) is 4.79 Å². The average molecular weight is 377 g/mol. The molecule has 7 heteroatoms. The van der Waals surface area contributed by atoms with Gasteiger partial charge in [0.05, 0.1) is 5.69 Å². The van der Waals surface area contributed by atoms with E-state index in [-0.39, 0.29) is 6.03 Å². The first kappa shape index (κ1) is 18.0. The van der Waals surface area contributed by atoms with Crippen LogP contribution in [0.4, 0.5) is 10.5 Å². The van der Waals surface area contributed by atoms with Crippen molar-refractivity contribution in [1.82, 2.24) is 19.7 Å². The summed E-state index contributed by atoms with van der Waals surface area (Å²) in [6, 6.07) is 13.0. The second-order valence-electron chi connectivity index (χ2n) is 6.92. The number of hydrogen-bond acceptors (Lipinski definition) is 4. The molecule has 7 nitrogen and oxygen atoms in total. The van der Waals surface area contributed by atoms with Gasteiger partial charge in [0.25, 0.3) is 0 Å². The molecule has 0 aliphatic carbocycles. The number of carbonyl (C=O) groups is 1. The molecule has 0 unspecified atom stereocenters. The van der Waals surface area contributed by atoms with Gasteiger partial charge in [-0.3, -0.25) is 9.67 Å². The summed E-state index contributed by atoms with van der Waals surface area (Å²) in [6.45, 7) is 1.45. The fraction of sp³-hybridized carbons (Fsp3) is 0.286. The number of hydrogen-bond donors (Lipinski definition) is 1.